The van der Waals surface area contributed by atoms with Crippen molar-refractivity contribution < 1.29 is 18.0 Å². The molecule has 3 N–H and O–H groups in total. The van der Waals surface area contributed by atoms with Crippen LogP contribution in [0.25, 0.3) is 11.0 Å². The lowest BCUT2D eigenvalue weighted by Crippen LogP contribution is -2.49. The van der Waals surface area contributed by atoms with E-state index in [9.17, 15) is 22.8 Å². The first kappa shape index (κ1) is 36.8. The minimum absolute atomic E-state index is 0.0499. The number of imide groups is 1. The van der Waals surface area contributed by atoms with Crippen LogP contribution in [0.15, 0.2) is 64.4 Å². The minimum Gasteiger partial charge on any atom is -0.372 e. The van der Waals surface area contributed by atoms with Crippen LogP contribution in [-0.2, 0) is 14.8 Å². The van der Waals surface area contributed by atoms with Crippen LogP contribution in [0.1, 0.15) is 75.8 Å². The zero-order chi connectivity index (χ0) is 37.1. The van der Waals surface area contributed by atoms with Gasteiger partial charge in [0, 0.05) is 67.3 Å². The highest BCUT2D eigenvalue weighted by Crippen LogP contribution is 2.32. The number of nitrogens with one attached hydrogen (secondary N) is 3. The molecule has 3 amide bonds. The molecule has 3 aliphatic rings. The molecule has 2 saturated heterocycles. The van der Waals surface area contributed by atoms with Crippen molar-refractivity contribution in [2.75, 3.05) is 41.3 Å². The average molecular weight is 761 g/mol. The molecule has 4 heterocycles. The number of hydrogen-bond acceptors (Lipinski definition) is 9. The Bertz CT molecular complexity index is 2160. The van der Waals surface area contributed by atoms with Crippen molar-refractivity contribution in [3.8, 4) is 0 Å². The fourth-order valence-electron chi connectivity index (χ4n) is 7.69. The first-order valence-electron chi connectivity index (χ1n) is 18.5. The van der Waals surface area contributed by atoms with Crippen molar-refractivity contribution in [2.45, 2.75) is 82.1 Å². The summed E-state index contributed by atoms with van der Waals surface area (Å²) in [7, 11) is -3.69. The topological polar surface area (TPSA) is 159 Å². The first-order valence-corrected chi connectivity index (χ1v) is 20.3. The van der Waals surface area contributed by atoms with Crippen LogP contribution in [0, 0.1) is 12.8 Å². The van der Waals surface area contributed by atoms with Crippen LogP contribution in [-0.4, -0.2) is 61.1 Å². The van der Waals surface area contributed by atoms with Gasteiger partial charge in [-0.25, -0.2) is 22.9 Å². The second kappa shape index (κ2) is 15.8. The summed E-state index contributed by atoms with van der Waals surface area (Å²) in [6, 6.07) is 14.1. The number of pyridine rings is 1. The number of fused-ring (bicyclic) bond motifs is 1. The van der Waals surface area contributed by atoms with Gasteiger partial charge in [0.1, 0.15) is 10.7 Å². The molecule has 0 radical (unpaired) electrons. The molecule has 7 rings (SSSR count). The average Bonchev–Trinajstić information content (AvgIpc) is 3.68. The monoisotopic (exact) mass is 760 g/mol. The number of hydrogen-bond donors (Lipinski definition) is 3. The van der Waals surface area contributed by atoms with Gasteiger partial charge in [-0.2, -0.15) is 4.98 Å². The first-order chi connectivity index (χ1) is 25.6. The van der Waals surface area contributed by atoms with Crippen LogP contribution in [0.4, 0.5) is 27.8 Å². The fourth-order valence-corrected chi connectivity index (χ4v) is 9.06. The Morgan fingerprint density at radius 3 is 2.38 bits per heavy atom. The van der Waals surface area contributed by atoms with Gasteiger partial charge in [0.25, 0.3) is 5.56 Å². The Morgan fingerprint density at radius 1 is 0.925 bits per heavy atom. The summed E-state index contributed by atoms with van der Waals surface area (Å²) in [5.41, 5.74) is 3.57. The summed E-state index contributed by atoms with van der Waals surface area (Å²) in [6.45, 7) is 4.48. The van der Waals surface area contributed by atoms with E-state index in [4.69, 9.17) is 11.6 Å². The molecule has 13 nitrogen and oxygen atoms in total. The van der Waals surface area contributed by atoms with Crippen LogP contribution in [0.2, 0.25) is 5.02 Å². The summed E-state index contributed by atoms with van der Waals surface area (Å²) < 4.78 is 30.8. The maximum atomic E-state index is 13.2. The van der Waals surface area contributed by atoms with Crippen molar-refractivity contribution in [1.29, 1.82) is 0 Å². The molecule has 2 aromatic carbocycles. The van der Waals surface area contributed by atoms with E-state index in [2.05, 4.69) is 30.2 Å². The molecule has 53 heavy (non-hydrogen) atoms. The molecule has 2 aromatic heterocycles. The minimum atomic E-state index is -3.69. The summed E-state index contributed by atoms with van der Waals surface area (Å²) in [5.74, 6) is 0.667. The number of piperidine rings is 1. The lowest BCUT2D eigenvalue weighted by molar-refractivity contribution is -0.120. The molecular formula is C38H45ClN8O5S. The van der Waals surface area contributed by atoms with E-state index in [1.807, 2.05) is 31.2 Å². The fraction of sp³-hybridized carbons (Fsp3) is 0.447. The summed E-state index contributed by atoms with van der Waals surface area (Å²) in [4.78, 5) is 49.9. The molecule has 15 heteroatoms. The number of urea groups is 1. The number of carbonyl (C=O) groups is 2. The number of halogens is 1. The molecule has 1 saturated carbocycles. The van der Waals surface area contributed by atoms with Gasteiger partial charge in [-0.1, -0.05) is 37.3 Å². The summed E-state index contributed by atoms with van der Waals surface area (Å²) in [5, 5.41) is 6.41. The van der Waals surface area contributed by atoms with E-state index < -0.39 is 10.0 Å². The highest BCUT2D eigenvalue weighted by Gasteiger charge is 2.26. The van der Waals surface area contributed by atoms with Crippen molar-refractivity contribution in [2.24, 2.45) is 5.92 Å². The third-order valence-corrected chi connectivity index (χ3v) is 12.4. The Hall–Kier alpha value is -4.53. The lowest BCUT2D eigenvalue weighted by atomic mass is 9.91. The van der Waals surface area contributed by atoms with Crippen molar-refractivity contribution in [3.05, 3.63) is 75.7 Å². The number of benzene rings is 2. The predicted molar refractivity (Wildman–Crippen MR) is 207 cm³/mol. The molecule has 0 spiro atoms. The number of nitrogens with zero attached hydrogens (tertiary/aromatic N) is 5. The highest BCUT2D eigenvalue weighted by molar-refractivity contribution is 7.89. The summed E-state index contributed by atoms with van der Waals surface area (Å²) in [6.07, 6.45) is 10.8. The zero-order valence-electron chi connectivity index (χ0n) is 29.8. The van der Waals surface area contributed by atoms with Crippen LogP contribution in [0.5, 0.6) is 0 Å². The van der Waals surface area contributed by atoms with Gasteiger partial charge in [0.15, 0.2) is 0 Å². The van der Waals surface area contributed by atoms with E-state index in [1.54, 1.807) is 39.9 Å². The van der Waals surface area contributed by atoms with Crippen molar-refractivity contribution in [3.63, 3.8) is 0 Å². The number of aromatic nitrogens is 3. The molecule has 1 aliphatic carbocycles. The smallest absolute Gasteiger partial charge is 0.328 e. The molecule has 280 valence electrons. The second-order valence-electron chi connectivity index (χ2n) is 14.3. The molecule has 0 unspecified atom stereocenters. The van der Waals surface area contributed by atoms with Gasteiger partial charge in [-0.15, -0.1) is 0 Å². The number of unbranched alkanes of at least 4 members (excludes halogenated alkanes) is 1. The molecule has 3 fully saturated rings. The molecule has 0 atom stereocenters. The van der Waals surface area contributed by atoms with E-state index in [0.717, 1.165) is 87.8 Å². The van der Waals surface area contributed by atoms with E-state index in [-0.39, 0.29) is 33.5 Å². The molecule has 4 aromatic rings. The third kappa shape index (κ3) is 8.34. The van der Waals surface area contributed by atoms with Gasteiger partial charge in [0.2, 0.25) is 21.9 Å². The second-order valence-corrected chi connectivity index (χ2v) is 16.4. The third-order valence-electron chi connectivity index (χ3n) is 10.7. The standard InChI is InChI=1S/C38H45ClN8O5S/c1-25-22-31(13-14-33(25)42-37-40-24-27-23-32(39)36(49)47(35(27)44-37)30-7-2-3-8-30)53(51,52)41-18-5-4-6-26-15-19-45(20-16-26)28-9-11-29(12-10-28)46-21-17-34(48)43-38(46)50/h9-14,22-24,26,30,41H,2-8,15-21H2,1H3,(H,40,42,44)(H,43,48,50). The van der Waals surface area contributed by atoms with Gasteiger partial charge in [0.05, 0.1) is 4.90 Å². The largest absolute Gasteiger partial charge is 0.372 e. The Labute approximate surface area is 314 Å². The Balaban J connectivity index is 0.869. The number of aryl methyl sites for hydroxylation is 1. The van der Waals surface area contributed by atoms with Gasteiger partial charge in [-0.05, 0) is 99.0 Å². The van der Waals surface area contributed by atoms with E-state index in [1.165, 1.54) is 0 Å². The number of carbonyl (C=O) groups excluding carboxylic acids is 2. The van der Waals surface area contributed by atoms with Crippen LogP contribution < -0.4 is 30.7 Å². The number of rotatable bonds is 12. The quantitative estimate of drug-likeness (QED) is 0.139. The molecule has 2 aliphatic heterocycles. The predicted octanol–water partition coefficient (Wildman–Crippen LogP) is 6.42. The van der Waals surface area contributed by atoms with Crippen LogP contribution in [0.3, 0.4) is 0 Å². The molecular weight excluding hydrogens is 716 g/mol. The maximum Gasteiger partial charge on any atom is 0.328 e. The maximum absolute atomic E-state index is 13.2. The number of sulfonamides is 1. The van der Waals surface area contributed by atoms with E-state index in [0.29, 0.717) is 48.1 Å². The zero-order valence-corrected chi connectivity index (χ0v) is 31.4. The van der Waals surface area contributed by atoms with Gasteiger partial charge in [-0.3, -0.25) is 24.4 Å². The number of amides is 3. The number of anilines is 4. The SMILES string of the molecule is Cc1cc(S(=O)(=O)NCCCCC2CCN(c3ccc(N4CCC(=O)NC4=O)cc3)CC2)ccc1Nc1ncc2cc(Cl)c(=O)n(C3CCCC3)c2n1. The van der Waals surface area contributed by atoms with Crippen LogP contribution >= 0.6 is 11.6 Å². The van der Waals surface area contributed by atoms with Crippen molar-refractivity contribution >= 4 is 67.6 Å². The van der Waals surface area contributed by atoms with Gasteiger partial charge < -0.3 is 10.2 Å². The Kier molecular flexibility index (Phi) is 11.0. The van der Waals surface area contributed by atoms with Crippen molar-refractivity contribution in [1.82, 2.24) is 24.6 Å². The normalized spacial score (nSPS) is 17.5. The van der Waals surface area contributed by atoms with E-state index >= 15 is 0 Å². The van der Waals surface area contributed by atoms with Gasteiger partial charge >= 0.3 is 6.03 Å². The Morgan fingerprint density at radius 2 is 1.66 bits per heavy atom. The highest BCUT2D eigenvalue weighted by atomic mass is 35.5. The lowest BCUT2D eigenvalue weighted by Gasteiger charge is -2.34. The molecule has 0 bridgehead atoms. The summed E-state index contributed by atoms with van der Waals surface area (Å²) >= 11 is 6.27.